The highest BCUT2D eigenvalue weighted by Crippen LogP contribution is 2.24. The average molecular weight is 375 g/mol. The van der Waals surface area contributed by atoms with Crippen molar-refractivity contribution in [3.05, 3.63) is 59.1 Å². The van der Waals surface area contributed by atoms with Gasteiger partial charge in [0.15, 0.2) is 6.10 Å². The summed E-state index contributed by atoms with van der Waals surface area (Å²) in [5, 5.41) is 6.06. The molecule has 2 aromatic rings. The van der Waals surface area contributed by atoms with Gasteiger partial charge in [-0.2, -0.15) is 0 Å². The molecule has 0 saturated heterocycles. The number of carbonyl (C=O) groups excluding carboxylic acids is 2. The molecule has 0 fully saturated rings. The molecule has 0 radical (unpaired) electrons. The Morgan fingerprint density at radius 3 is 2.31 bits per heavy atom. The highest BCUT2D eigenvalue weighted by Gasteiger charge is 2.21. The lowest BCUT2D eigenvalue weighted by atomic mass is 10.1. The molecule has 2 amide bonds. The topological polar surface area (TPSA) is 67.4 Å². The van der Waals surface area contributed by atoms with Crippen molar-refractivity contribution in [2.45, 2.75) is 39.3 Å². The standard InChI is InChI=1S/C20H23ClN2O3/c1-13(26-17-12-8-6-10-15(17)21)18(24)22-16-11-7-5-9-14(16)19(25)23-20(2,3)4/h5-13H,1-4H3,(H,22,24)(H,23,25)/t13-/m1/s1. The molecule has 2 N–H and O–H groups in total. The molecule has 0 spiro atoms. The quantitative estimate of drug-likeness (QED) is 0.821. The maximum atomic E-state index is 12.5. The first kappa shape index (κ1) is 19.8. The third-order valence-corrected chi connectivity index (χ3v) is 3.74. The zero-order chi connectivity index (χ0) is 19.3. The van der Waals surface area contributed by atoms with E-state index in [9.17, 15) is 9.59 Å². The van der Waals surface area contributed by atoms with E-state index in [4.69, 9.17) is 16.3 Å². The van der Waals surface area contributed by atoms with Gasteiger partial charge in [-0.05, 0) is 52.0 Å². The Balaban J connectivity index is 2.11. The lowest BCUT2D eigenvalue weighted by Gasteiger charge is -2.22. The van der Waals surface area contributed by atoms with E-state index in [0.29, 0.717) is 22.0 Å². The van der Waals surface area contributed by atoms with Gasteiger partial charge in [0.2, 0.25) is 0 Å². The van der Waals surface area contributed by atoms with Crippen molar-refractivity contribution in [3.63, 3.8) is 0 Å². The van der Waals surface area contributed by atoms with Gasteiger partial charge in [-0.15, -0.1) is 0 Å². The van der Waals surface area contributed by atoms with Crippen molar-refractivity contribution in [3.8, 4) is 5.75 Å². The lowest BCUT2D eigenvalue weighted by molar-refractivity contribution is -0.122. The van der Waals surface area contributed by atoms with E-state index in [-0.39, 0.29) is 17.4 Å². The molecule has 6 heteroatoms. The first-order valence-corrected chi connectivity index (χ1v) is 8.69. The SMILES string of the molecule is C[C@@H](Oc1ccccc1Cl)C(=O)Nc1ccccc1C(=O)NC(C)(C)C. The number of carbonyl (C=O) groups is 2. The molecule has 5 nitrogen and oxygen atoms in total. The summed E-state index contributed by atoms with van der Waals surface area (Å²) in [5.41, 5.74) is 0.434. The number of anilines is 1. The Labute approximate surface area is 158 Å². The van der Waals surface area contributed by atoms with Gasteiger partial charge in [0.05, 0.1) is 16.3 Å². The number of halogens is 1. The molecular weight excluding hydrogens is 352 g/mol. The maximum Gasteiger partial charge on any atom is 0.265 e. The Morgan fingerprint density at radius 1 is 1.04 bits per heavy atom. The zero-order valence-corrected chi connectivity index (χ0v) is 16.1. The second-order valence-corrected chi connectivity index (χ2v) is 7.34. The van der Waals surface area contributed by atoms with Gasteiger partial charge in [0, 0.05) is 5.54 Å². The molecule has 2 aromatic carbocycles. The predicted molar refractivity (Wildman–Crippen MR) is 104 cm³/mol. The Bertz CT molecular complexity index is 800. The summed E-state index contributed by atoms with van der Waals surface area (Å²) in [5.74, 6) is -0.204. The first-order valence-electron chi connectivity index (χ1n) is 8.31. The molecular formula is C20H23ClN2O3. The fourth-order valence-corrected chi connectivity index (χ4v) is 2.40. The van der Waals surface area contributed by atoms with Crippen molar-refractivity contribution in [1.29, 1.82) is 0 Å². The normalized spacial score (nSPS) is 12.2. The van der Waals surface area contributed by atoms with Gasteiger partial charge in [-0.25, -0.2) is 0 Å². The van der Waals surface area contributed by atoms with E-state index < -0.39 is 6.10 Å². The van der Waals surface area contributed by atoms with E-state index in [1.165, 1.54) is 0 Å². The molecule has 0 heterocycles. The van der Waals surface area contributed by atoms with Crippen LogP contribution in [0.15, 0.2) is 48.5 Å². The largest absolute Gasteiger partial charge is 0.479 e. The number of benzene rings is 2. The van der Waals surface area contributed by atoms with E-state index in [1.807, 2.05) is 20.8 Å². The van der Waals surface area contributed by atoms with Gasteiger partial charge in [0.25, 0.3) is 11.8 Å². The summed E-state index contributed by atoms with van der Waals surface area (Å²) in [6.45, 7) is 7.30. The van der Waals surface area contributed by atoms with Gasteiger partial charge in [-0.1, -0.05) is 35.9 Å². The van der Waals surface area contributed by atoms with E-state index in [0.717, 1.165) is 0 Å². The van der Waals surface area contributed by atoms with Crippen LogP contribution in [-0.4, -0.2) is 23.5 Å². The van der Waals surface area contributed by atoms with Crippen molar-refractivity contribution < 1.29 is 14.3 Å². The third-order valence-electron chi connectivity index (χ3n) is 3.43. The lowest BCUT2D eigenvalue weighted by Crippen LogP contribution is -2.41. The molecule has 138 valence electrons. The summed E-state index contributed by atoms with van der Waals surface area (Å²) < 4.78 is 5.62. The number of hydrogen-bond acceptors (Lipinski definition) is 3. The summed E-state index contributed by atoms with van der Waals surface area (Å²) in [4.78, 5) is 24.9. The van der Waals surface area contributed by atoms with E-state index in [2.05, 4.69) is 10.6 Å². The van der Waals surface area contributed by atoms with Crippen LogP contribution in [0.3, 0.4) is 0 Å². The van der Waals surface area contributed by atoms with Crippen LogP contribution < -0.4 is 15.4 Å². The van der Waals surface area contributed by atoms with Gasteiger partial charge in [0.1, 0.15) is 5.75 Å². The summed E-state index contributed by atoms with van der Waals surface area (Å²) in [7, 11) is 0. The number of ether oxygens (including phenoxy) is 1. The average Bonchev–Trinajstić information content (AvgIpc) is 2.55. The van der Waals surface area contributed by atoms with Gasteiger partial charge >= 0.3 is 0 Å². The number of hydrogen-bond donors (Lipinski definition) is 2. The van der Waals surface area contributed by atoms with Crippen LogP contribution in [0.25, 0.3) is 0 Å². The number of nitrogens with one attached hydrogen (secondary N) is 2. The van der Waals surface area contributed by atoms with Gasteiger partial charge in [-0.3, -0.25) is 9.59 Å². The van der Waals surface area contributed by atoms with Crippen LogP contribution in [-0.2, 0) is 4.79 Å². The fraction of sp³-hybridized carbons (Fsp3) is 0.300. The molecule has 0 aromatic heterocycles. The van der Waals surface area contributed by atoms with Crippen molar-refractivity contribution >= 4 is 29.1 Å². The minimum absolute atomic E-state index is 0.256. The molecule has 0 unspecified atom stereocenters. The second kappa shape index (κ2) is 8.23. The van der Waals surface area contributed by atoms with Crippen molar-refractivity contribution in [2.75, 3.05) is 5.32 Å². The molecule has 0 aliphatic carbocycles. The smallest absolute Gasteiger partial charge is 0.265 e. The molecule has 0 aliphatic rings. The highest BCUT2D eigenvalue weighted by molar-refractivity contribution is 6.32. The van der Waals surface area contributed by atoms with Crippen LogP contribution in [0, 0.1) is 0 Å². The summed E-state index contributed by atoms with van der Waals surface area (Å²) in [6, 6.07) is 13.8. The zero-order valence-electron chi connectivity index (χ0n) is 15.3. The number of rotatable bonds is 5. The fourth-order valence-electron chi connectivity index (χ4n) is 2.22. The minimum Gasteiger partial charge on any atom is -0.479 e. The van der Waals surface area contributed by atoms with Crippen molar-refractivity contribution in [1.82, 2.24) is 5.32 Å². The van der Waals surface area contributed by atoms with E-state index >= 15 is 0 Å². The first-order chi connectivity index (χ1) is 12.2. The van der Waals surface area contributed by atoms with Crippen LogP contribution in [0.4, 0.5) is 5.69 Å². The van der Waals surface area contributed by atoms with E-state index in [1.54, 1.807) is 55.5 Å². The molecule has 1 atom stereocenters. The third kappa shape index (κ3) is 5.49. The number of para-hydroxylation sites is 2. The van der Waals surface area contributed by atoms with Crippen LogP contribution >= 0.6 is 11.6 Å². The Hall–Kier alpha value is -2.53. The van der Waals surface area contributed by atoms with Gasteiger partial charge < -0.3 is 15.4 Å². The highest BCUT2D eigenvalue weighted by atomic mass is 35.5. The predicted octanol–water partition coefficient (Wildman–Crippen LogP) is 4.27. The minimum atomic E-state index is -0.784. The molecule has 2 rings (SSSR count). The summed E-state index contributed by atoms with van der Waals surface area (Å²) in [6.07, 6.45) is -0.784. The summed E-state index contributed by atoms with van der Waals surface area (Å²) >= 11 is 6.05. The molecule has 0 saturated carbocycles. The second-order valence-electron chi connectivity index (χ2n) is 6.93. The number of amides is 2. The van der Waals surface area contributed by atoms with Crippen LogP contribution in [0.2, 0.25) is 5.02 Å². The van der Waals surface area contributed by atoms with Crippen LogP contribution in [0.5, 0.6) is 5.75 Å². The maximum absolute atomic E-state index is 12.5. The Kier molecular flexibility index (Phi) is 6.27. The van der Waals surface area contributed by atoms with Crippen molar-refractivity contribution in [2.24, 2.45) is 0 Å². The molecule has 0 bridgehead atoms. The molecule has 0 aliphatic heterocycles. The molecule has 26 heavy (non-hydrogen) atoms. The van der Waals surface area contributed by atoms with Crippen LogP contribution in [0.1, 0.15) is 38.1 Å². The Morgan fingerprint density at radius 2 is 1.65 bits per heavy atom. The monoisotopic (exact) mass is 374 g/mol.